The first-order valence-corrected chi connectivity index (χ1v) is 17.6. The van der Waals surface area contributed by atoms with Crippen molar-refractivity contribution in [3.05, 3.63) is 70.8 Å². The highest BCUT2D eigenvalue weighted by Crippen LogP contribution is 2.56. The molecule has 2 rings (SSSR count). The predicted molar refractivity (Wildman–Crippen MR) is 176 cm³/mol. The van der Waals surface area contributed by atoms with E-state index in [0.717, 1.165) is 13.8 Å². The van der Waals surface area contributed by atoms with Gasteiger partial charge in [-0.25, -0.2) is 4.79 Å². The van der Waals surface area contributed by atoms with E-state index in [0.29, 0.717) is 0 Å². The summed E-state index contributed by atoms with van der Waals surface area (Å²) >= 11 is 0. The monoisotopic (exact) mass is 1070 g/mol. The normalized spacial score (nSPS) is 15.9. The van der Waals surface area contributed by atoms with E-state index in [4.69, 9.17) is 14.2 Å². The summed E-state index contributed by atoms with van der Waals surface area (Å²) in [5.74, 6) is -11.0. The van der Waals surface area contributed by atoms with Crippen LogP contribution >= 0.6 is 0 Å². The summed E-state index contributed by atoms with van der Waals surface area (Å²) in [6, 6.07) is -2.48. The van der Waals surface area contributed by atoms with E-state index >= 15 is 0 Å². The molecule has 4 N–H and O–H groups in total. The molecule has 0 aliphatic heterocycles. The van der Waals surface area contributed by atoms with Gasteiger partial charge in [-0.15, -0.1) is 0 Å². The number of aliphatic hydroxyl groups is 4. The first-order valence-electron chi connectivity index (χ1n) is 17.6. The molecule has 0 bridgehead atoms. The molecule has 0 fully saturated rings. The van der Waals surface area contributed by atoms with Gasteiger partial charge in [0.2, 0.25) is 0 Å². The Morgan fingerprint density at radius 1 is 0.464 bits per heavy atom. The van der Waals surface area contributed by atoms with Crippen molar-refractivity contribution in [3.63, 3.8) is 0 Å². The van der Waals surface area contributed by atoms with Crippen LogP contribution in [0.1, 0.15) is 49.9 Å². The summed E-state index contributed by atoms with van der Waals surface area (Å²) in [5, 5.41) is 38.5. The molecule has 0 aliphatic carbocycles. The second-order valence-electron chi connectivity index (χ2n) is 13.4. The molecule has 0 heterocycles. The first kappa shape index (κ1) is 62.3. The summed E-state index contributed by atoms with van der Waals surface area (Å²) in [7, 11) is 0. The van der Waals surface area contributed by atoms with Gasteiger partial charge >= 0.3 is 61.2 Å². The van der Waals surface area contributed by atoms with E-state index in [1.807, 2.05) is 0 Å². The van der Waals surface area contributed by atoms with Gasteiger partial charge in [0, 0.05) is 35.5 Å². The van der Waals surface area contributed by atoms with E-state index in [1.165, 1.54) is 13.8 Å². The van der Waals surface area contributed by atoms with Crippen LogP contribution in [0, 0.1) is 0 Å². The van der Waals surface area contributed by atoms with E-state index in [1.54, 1.807) is 0 Å². The molecule has 69 heavy (non-hydrogen) atoms. The molecule has 0 amide bonds. The Labute approximate surface area is 368 Å². The minimum atomic E-state index is -6.65. The van der Waals surface area contributed by atoms with E-state index in [-0.39, 0.29) is 37.5 Å². The molecule has 3 unspecified atom stereocenters. The Morgan fingerprint density at radius 3 is 0.928 bits per heavy atom. The molecule has 398 valence electrons. The Kier molecular flexibility index (Phi) is 18.3. The van der Waals surface area contributed by atoms with Crippen molar-refractivity contribution in [2.45, 2.75) is 112 Å². The molecular formula is C35H30F24O10. The lowest BCUT2D eigenvalue weighted by atomic mass is 9.85. The third kappa shape index (κ3) is 13.0. The SMILES string of the molecule is C=C(C(=O)OC(O)(c1cc(OC(C)OCC)cc(C(O)(C(F)(F)F)C(F)(F)F)c1)C(F)(F)F)C(F)(F)F.CCOC(C)Oc1cc(C(O)(C(F)(F)F)C(F)(F)F)cc(C(O)(C(F)(F)F)C(F)(F)F)c1. The van der Waals surface area contributed by atoms with Crippen LogP contribution in [-0.2, 0) is 41.6 Å². The number of alkyl halides is 24. The molecule has 0 aromatic heterocycles. The van der Waals surface area contributed by atoms with Gasteiger partial charge in [-0.2, -0.15) is 105 Å². The molecule has 0 saturated carbocycles. The van der Waals surface area contributed by atoms with Crippen molar-refractivity contribution >= 4 is 5.97 Å². The number of esters is 1. The summed E-state index contributed by atoms with van der Waals surface area (Å²) in [6.45, 7) is 6.38. The van der Waals surface area contributed by atoms with Crippen LogP contribution in [0.15, 0.2) is 48.6 Å². The molecule has 2 aromatic rings. The molecule has 2 aromatic carbocycles. The Morgan fingerprint density at radius 2 is 0.710 bits per heavy atom. The van der Waals surface area contributed by atoms with Crippen molar-refractivity contribution in [2.24, 2.45) is 0 Å². The summed E-state index contributed by atoms with van der Waals surface area (Å²) in [6.07, 6.45) is -55.1. The zero-order valence-corrected chi connectivity index (χ0v) is 34.0. The van der Waals surface area contributed by atoms with Crippen LogP contribution in [-0.4, -0.2) is 102 Å². The largest absolute Gasteiger partial charge is 0.465 e. The average Bonchev–Trinajstić information content (AvgIpc) is 3.13. The van der Waals surface area contributed by atoms with Gasteiger partial charge < -0.3 is 44.1 Å². The van der Waals surface area contributed by atoms with E-state index in [9.17, 15) is 131 Å². The maximum atomic E-state index is 13.7. The lowest BCUT2D eigenvalue weighted by Crippen LogP contribution is -2.55. The minimum absolute atomic E-state index is 0.0939. The van der Waals surface area contributed by atoms with Gasteiger partial charge in [0.25, 0.3) is 16.8 Å². The van der Waals surface area contributed by atoms with Gasteiger partial charge in [-0.05, 0) is 64.1 Å². The third-order valence-electron chi connectivity index (χ3n) is 8.54. The maximum absolute atomic E-state index is 13.7. The fourth-order valence-corrected chi connectivity index (χ4v) is 5.13. The smallest absolute Gasteiger partial charge is 0.460 e. The van der Waals surface area contributed by atoms with Crippen molar-refractivity contribution in [1.29, 1.82) is 0 Å². The molecule has 0 aliphatic rings. The zero-order valence-electron chi connectivity index (χ0n) is 34.0. The number of carbonyl (C=O) groups excluding carboxylic acids is 1. The first-order chi connectivity index (χ1) is 30.4. The highest BCUT2D eigenvalue weighted by Gasteiger charge is 2.75. The summed E-state index contributed by atoms with van der Waals surface area (Å²) in [5.41, 5.74) is -30.0. The predicted octanol–water partition coefficient (Wildman–Crippen LogP) is 10.2. The van der Waals surface area contributed by atoms with Crippen molar-refractivity contribution in [1.82, 2.24) is 0 Å². The van der Waals surface area contributed by atoms with Crippen molar-refractivity contribution in [2.75, 3.05) is 13.2 Å². The number of rotatable bonds is 14. The highest BCUT2D eigenvalue weighted by molar-refractivity contribution is 5.89. The quantitative estimate of drug-likeness (QED) is 0.0625. The van der Waals surface area contributed by atoms with Gasteiger partial charge in [0.15, 0.2) is 12.6 Å². The molecule has 3 atom stereocenters. The van der Waals surface area contributed by atoms with E-state index < -0.39 is 142 Å². The molecular weight excluding hydrogens is 1040 g/mol. The Balaban J connectivity index is 0.000000697. The van der Waals surface area contributed by atoms with Crippen molar-refractivity contribution < 1.29 is 154 Å². The molecule has 10 nitrogen and oxygen atoms in total. The van der Waals surface area contributed by atoms with Gasteiger partial charge in [0.05, 0.1) is 0 Å². The van der Waals surface area contributed by atoms with Crippen LogP contribution in [0.3, 0.4) is 0 Å². The lowest BCUT2D eigenvalue weighted by Gasteiger charge is -2.36. The van der Waals surface area contributed by atoms with E-state index in [2.05, 4.69) is 16.1 Å². The highest BCUT2D eigenvalue weighted by atomic mass is 19.4. The standard InChI is InChI=1S/C19H16F12O6.C16H14F12O4/c1-4-35-9(3)36-12-6-10(14(33,17(23,24)25)18(26,27)28)5-11(7-12)15(34,19(29,30)31)37-13(32)8(2)16(20,21)22;1-3-31-7(2)32-10-5-8(11(29,13(17,18)19)14(20,21)22)4-9(6-10)12(30,15(23,24)25)16(26,27)28/h5-7,9,33-34H,2,4H2,1,3H3;4-7,29-30H,3H2,1-2H3. The summed E-state index contributed by atoms with van der Waals surface area (Å²) < 4.78 is 340. The molecule has 0 saturated heterocycles. The number of hydrogen-bond acceptors (Lipinski definition) is 10. The fourth-order valence-electron chi connectivity index (χ4n) is 5.13. The number of hydrogen-bond donors (Lipinski definition) is 4. The number of ether oxygens (including phenoxy) is 5. The minimum Gasteiger partial charge on any atom is -0.465 e. The van der Waals surface area contributed by atoms with Crippen molar-refractivity contribution in [3.8, 4) is 11.5 Å². The third-order valence-corrected chi connectivity index (χ3v) is 8.54. The molecule has 0 spiro atoms. The van der Waals surface area contributed by atoms with Gasteiger partial charge in [-0.1, -0.05) is 6.58 Å². The molecule has 0 radical (unpaired) electrons. The van der Waals surface area contributed by atoms with Crippen LogP contribution in [0.25, 0.3) is 0 Å². The second-order valence-corrected chi connectivity index (χ2v) is 13.4. The number of halogens is 24. The second kappa shape index (κ2) is 20.2. The van der Waals surface area contributed by atoms with Crippen LogP contribution in [0.5, 0.6) is 11.5 Å². The van der Waals surface area contributed by atoms with Crippen LogP contribution < -0.4 is 9.47 Å². The van der Waals surface area contributed by atoms with Gasteiger partial charge in [0.1, 0.15) is 17.1 Å². The number of benzene rings is 2. The van der Waals surface area contributed by atoms with Gasteiger partial charge in [-0.3, -0.25) is 0 Å². The Bertz CT molecular complexity index is 1980. The van der Waals surface area contributed by atoms with Crippen LogP contribution in [0.4, 0.5) is 105 Å². The Hall–Kier alpha value is -4.67. The number of carbonyl (C=O) groups is 1. The lowest BCUT2D eigenvalue weighted by molar-refractivity contribution is -0.378. The topological polar surface area (TPSA) is 144 Å². The summed E-state index contributed by atoms with van der Waals surface area (Å²) in [4.78, 5) is 11.6. The zero-order chi connectivity index (χ0) is 55.0. The van der Waals surface area contributed by atoms with Crippen LogP contribution in [0.2, 0.25) is 0 Å². The molecule has 34 heteroatoms. The fraction of sp³-hybridized carbons (Fsp3) is 0.571. The maximum Gasteiger partial charge on any atom is 0.460 e. The average molecular weight is 1070 g/mol.